The molecule has 3 rings (SSSR count). The number of hydrogen-bond acceptors (Lipinski definition) is 3. The summed E-state index contributed by atoms with van der Waals surface area (Å²) >= 11 is 15.6. The van der Waals surface area contributed by atoms with Gasteiger partial charge in [-0.05, 0) is 48.4 Å². The fourth-order valence-electron chi connectivity index (χ4n) is 3.45. The van der Waals surface area contributed by atoms with Gasteiger partial charge in [0.05, 0.1) is 5.02 Å². The van der Waals surface area contributed by atoms with Crippen LogP contribution < -0.4 is 10.1 Å². The van der Waals surface area contributed by atoms with Crippen molar-refractivity contribution < 1.29 is 14.3 Å². The van der Waals surface area contributed by atoms with Gasteiger partial charge >= 0.3 is 0 Å². The highest BCUT2D eigenvalue weighted by molar-refractivity contribution is 9.10. The molecule has 0 fully saturated rings. The smallest absolute Gasteiger partial charge is 0.261 e. The van der Waals surface area contributed by atoms with Crippen LogP contribution in [0.15, 0.2) is 77.3 Å². The van der Waals surface area contributed by atoms with E-state index in [1.165, 1.54) is 0 Å². The Bertz CT molecular complexity index is 1110. The Labute approximate surface area is 218 Å². The van der Waals surface area contributed by atoms with Crippen molar-refractivity contribution in [2.24, 2.45) is 0 Å². The summed E-state index contributed by atoms with van der Waals surface area (Å²) in [4.78, 5) is 28.1. The van der Waals surface area contributed by atoms with Crippen molar-refractivity contribution >= 4 is 50.9 Å². The SMILES string of the molecule is CCNC(=O)C(Cc1ccccc1)N(Cc1ccc(Cl)cc1)C(=O)COc1ccc(Br)cc1Cl. The molecule has 0 aliphatic heterocycles. The number of halogens is 3. The van der Waals surface area contributed by atoms with Crippen LogP contribution in [0.5, 0.6) is 5.75 Å². The third kappa shape index (κ3) is 7.49. The van der Waals surface area contributed by atoms with Gasteiger partial charge < -0.3 is 15.0 Å². The maximum Gasteiger partial charge on any atom is 0.261 e. The van der Waals surface area contributed by atoms with Crippen LogP contribution >= 0.6 is 39.1 Å². The Morgan fingerprint density at radius 3 is 2.35 bits per heavy atom. The summed E-state index contributed by atoms with van der Waals surface area (Å²) in [5.41, 5.74) is 1.80. The van der Waals surface area contributed by atoms with E-state index in [4.69, 9.17) is 27.9 Å². The summed E-state index contributed by atoms with van der Waals surface area (Å²) in [5.74, 6) is -0.168. The fourth-order valence-corrected chi connectivity index (χ4v) is 4.30. The summed E-state index contributed by atoms with van der Waals surface area (Å²) < 4.78 is 6.54. The minimum absolute atomic E-state index is 0.224. The van der Waals surface area contributed by atoms with Crippen LogP contribution in [-0.4, -0.2) is 35.9 Å². The molecule has 178 valence electrons. The van der Waals surface area contributed by atoms with Crippen molar-refractivity contribution in [1.82, 2.24) is 10.2 Å². The van der Waals surface area contributed by atoms with Crippen molar-refractivity contribution in [2.75, 3.05) is 13.2 Å². The summed E-state index contributed by atoms with van der Waals surface area (Å²) in [7, 11) is 0. The molecule has 0 aliphatic rings. The first-order valence-corrected chi connectivity index (χ1v) is 12.4. The number of amides is 2. The molecular weight excluding hydrogens is 539 g/mol. The van der Waals surface area contributed by atoms with E-state index in [2.05, 4.69) is 21.2 Å². The highest BCUT2D eigenvalue weighted by Gasteiger charge is 2.30. The fraction of sp³-hybridized carbons (Fsp3) is 0.231. The van der Waals surface area contributed by atoms with E-state index >= 15 is 0 Å². The highest BCUT2D eigenvalue weighted by Crippen LogP contribution is 2.28. The largest absolute Gasteiger partial charge is 0.482 e. The maximum absolute atomic E-state index is 13.4. The van der Waals surface area contributed by atoms with Crippen LogP contribution in [0.3, 0.4) is 0 Å². The predicted molar refractivity (Wildman–Crippen MR) is 139 cm³/mol. The minimum Gasteiger partial charge on any atom is -0.482 e. The molecule has 1 atom stereocenters. The van der Waals surface area contributed by atoms with E-state index in [-0.39, 0.29) is 25.0 Å². The Morgan fingerprint density at radius 2 is 1.71 bits per heavy atom. The molecule has 34 heavy (non-hydrogen) atoms. The van der Waals surface area contributed by atoms with Gasteiger partial charge in [0.25, 0.3) is 5.91 Å². The number of carbonyl (C=O) groups is 2. The number of ether oxygens (including phenoxy) is 1. The van der Waals surface area contributed by atoms with Gasteiger partial charge in [0.2, 0.25) is 5.91 Å². The topological polar surface area (TPSA) is 58.6 Å². The molecule has 0 saturated heterocycles. The second-order valence-corrected chi connectivity index (χ2v) is 9.37. The van der Waals surface area contributed by atoms with E-state index in [1.54, 1.807) is 35.2 Å². The zero-order valence-electron chi connectivity index (χ0n) is 18.6. The van der Waals surface area contributed by atoms with E-state index in [0.29, 0.717) is 28.8 Å². The van der Waals surface area contributed by atoms with Crippen molar-refractivity contribution in [3.05, 3.63) is 98.4 Å². The normalized spacial score (nSPS) is 11.5. The van der Waals surface area contributed by atoms with Gasteiger partial charge in [-0.15, -0.1) is 0 Å². The lowest BCUT2D eigenvalue weighted by Crippen LogP contribution is -2.51. The van der Waals surface area contributed by atoms with Crippen molar-refractivity contribution in [3.8, 4) is 5.75 Å². The van der Waals surface area contributed by atoms with Crippen LogP contribution in [0.25, 0.3) is 0 Å². The Kier molecular flexibility index (Phi) is 9.81. The molecule has 1 unspecified atom stereocenters. The number of likely N-dealkylation sites (N-methyl/N-ethyl adjacent to an activating group) is 1. The first kappa shape index (κ1) is 26.1. The number of nitrogens with one attached hydrogen (secondary N) is 1. The summed E-state index contributed by atoms with van der Waals surface area (Å²) in [6, 6.07) is 21.3. The number of nitrogens with zero attached hydrogens (tertiary/aromatic N) is 1. The van der Waals surface area contributed by atoms with Crippen molar-refractivity contribution in [3.63, 3.8) is 0 Å². The quantitative estimate of drug-likeness (QED) is 0.333. The Balaban J connectivity index is 1.89. The molecule has 0 aliphatic carbocycles. The molecule has 0 radical (unpaired) electrons. The van der Waals surface area contributed by atoms with Gasteiger partial charge in [-0.25, -0.2) is 0 Å². The Hall–Kier alpha value is -2.54. The minimum atomic E-state index is -0.727. The van der Waals surface area contributed by atoms with E-state index in [1.807, 2.05) is 49.4 Å². The second kappa shape index (κ2) is 12.8. The van der Waals surface area contributed by atoms with Crippen LogP contribution in [0.2, 0.25) is 10.0 Å². The number of carbonyl (C=O) groups excluding carboxylic acids is 2. The zero-order valence-corrected chi connectivity index (χ0v) is 21.7. The molecule has 0 heterocycles. The molecule has 0 saturated carbocycles. The lowest BCUT2D eigenvalue weighted by Gasteiger charge is -2.31. The third-order valence-corrected chi connectivity index (χ3v) is 6.17. The first-order chi connectivity index (χ1) is 16.4. The van der Waals surface area contributed by atoms with Gasteiger partial charge in [0.15, 0.2) is 6.61 Å². The van der Waals surface area contributed by atoms with Crippen LogP contribution in [0.4, 0.5) is 0 Å². The van der Waals surface area contributed by atoms with Crippen molar-refractivity contribution in [1.29, 1.82) is 0 Å². The predicted octanol–water partition coefficient (Wildman–Crippen LogP) is 5.91. The number of hydrogen-bond donors (Lipinski definition) is 1. The summed E-state index contributed by atoms with van der Waals surface area (Å²) in [6.45, 7) is 2.27. The molecular formula is C26H25BrCl2N2O3. The molecule has 2 amide bonds. The standard InChI is InChI=1S/C26H25BrCl2N2O3/c1-2-30-26(33)23(14-18-6-4-3-5-7-18)31(16-19-8-11-21(28)12-9-19)25(32)17-34-24-13-10-20(27)15-22(24)29/h3-13,15,23H,2,14,16-17H2,1H3,(H,30,33). The van der Waals surface area contributed by atoms with E-state index in [0.717, 1.165) is 15.6 Å². The lowest BCUT2D eigenvalue weighted by atomic mass is 10.0. The van der Waals surface area contributed by atoms with Gasteiger partial charge in [-0.1, -0.05) is 81.6 Å². The van der Waals surface area contributed by atoms with Gasteiger partial charge in [0, 0.05) is 29.0 Å². The molecule has 0 bridgehead atoms. The number of rotatable bonds is 10. The van der Waals surface area contributed by atoms with Crippen LogP contribution in [-0.2, 0) is 22.6 Å². The van der Waals surface area contributed by atoms with Crippen LogP contribution in [0, 0.1) is 0 Å². The first-order valence-electron chi connectivity index (χ1n) is 10.8. The second-order valence-electron chi connectivity index (χ2n) is 7.61. The summed E-state index contributed by atoms with van der Waals surface area (Å²) in [5, 5.41) is 3.85. The Morgan fingerprint density at radius 1 is 1.00 bits per heavy atom. The molecule has 8 heteroatoms. The summed E-state index contributed by atoms with van der Waals surface area (Å²) in [6.07, 6.45) is 0.366. The molecule has 0 aromatic heterocycles. The van der Waals surface area contributed by atoms with Gasteiger partial charge in [-0.2, -0.15) is 0 Å². The molecule has 0 spiro atoms. The monoisotopic (exact) mass is 562 g/mol. The highest BCUT2D eigenvalue weighted by atomic mass is 79.9. The average Bonchev–Trinajstić information content (AvgIpc) is 2.82. The zero-order chi connectivity index (χ0) is 24.5. The van der Waals surface area contributed by atoms with Gasteiger partial charge in [-0.3, -0.25) is 9.59 Å². The molecule has 3 aromatic rings. The molecule has 3 aromatic carbocycles. The molecule has 5 nitrogen and oxygen atoms in total. The molecule has 1 N–H and O–H groups in total. The van der Waals surface area contributed by atoms with Gasteiger partial charge in [0.1, 0.15) is 11.8 Å². The lowest BCUT2D eigenvalue weighted by molar-refractivity contribution is -0.142. The van der Waals surface area contributed by atoms with Crippen molar-refractivity contribution in [2.45, 2.75) is 25.9 Å². The van der Waals surface area contributed by atoms with E-state index in [9.17, 15) is 9.59 Å². The van der Waals surface area contributed by atoms with Crippen LogP contribution in [0.1, 0.15) is 18.1 Å². The third-order valence-electron chi connectivity index (χ3n) is 5.13. The van der Waals surface area contributed by atoms with E-state index < -0.39 is 6.04 Å². The number of benzene rings is 3. The average molecular weight is 564 g/mol. The maximum atomic E-state index is 13.4.